The number of hydrogen-bond acceptors (Lipinski definition) is 5. The molecule has 0 aromatic heterocycles. The average molecular weight is 231 g/mol. The lowest BCUT2D eigenvalue weighted by Crippen LogP contribution is -2.34. The molecule has 0 spiro atoms. The molecule has 0 aromatic carbocycles. The first kappa shape index (κ1) is 13.4. The summed E-state index contributed by atoms with van der Waals surface area (Å²) in [5.74, 6) is -0.297. The Morgan fingerprint density at radius 3 is 3.00 bits per heavy atom. The first-order valence-electron chi connectivity index (χ1n) is 5.75. The largest absolute Gasteiger partial charge is 0.464 e. The summed E-state index contributed by atoms with van der Waals surface area (Å²) in [5.41, 5.74) is 0. The van der Waals surface area contributed by atoms with E-state index >= 15 is 0 Å². The third-order valence-corrected chi connectivity index (χ3v) is 2.64. The molecular formula is C11H21NO4. The number of nitrogens with zero attached hydrogens (tertiary/aromatic N) is 1. The lowest BCUT2D eigenvalue weighted by atomic mass is 10.2. The van der Waals surface area contributed by atoms with Gasteiger partial charge < -0.3 is 14.2 Å². The molecule has 0 saturated carbocycles. The van der Waals surface area contributed by atoms with Crippen molar-refractivity contribution in [3.63, 3.8) is 0 Å². The van der Waals surface area contributed by atoms with E-state index in [0.717, 1.165) is 26.2 Å². The van der Waals surface area contributed by atoms with Crippen molar-refractivity contribution in [2.75, 3.05) is 46.6 Å². The van der Waals surface area contributed by atoms with E-state index in [1.54, 1.807) is 6.92 Å². The van der Waals surface area contributed by atoms with E-state index in [1.807, 2.05) is 7.05 Å². The predicted molar refractivity (Wildman–Crippen MR) is 59.3 cm³/mol. The van der Waals surface area contributed by atoms with Crippen LogP contribution in [0.25, 0.3) is 0 Å². The second-order valence-electron chi connectivity index (χ2n) is 3.86. The van der Waals surface area contributed by atoms with Crippen molar-refractivity contribution < 1.29 is 19.0 Å². The Kier molecular flexibility index (Phi) is 6.37. The summed E-state index contributed by atoms with van der Waals surface area (Å²) in [6, 6.07) is 0.492. The van der Waals surface area contributed by atoms with Gasteiger partial charge in [0, 0.05) is 19.2 Å². The summed E-state index contributed by atoms with van der Waals surface area (Å²) in [6.45, 7) is 5.24. The zero-order chi connectivity index (χ0) is 11.8. The molecule has 94 valence electrons. The standard InChI is InChI=1S/C11H21NO4/c1-3-16-11(13)9-15-7-5-12(2)10-4-6-14-8-10/h10H,3-9H2,1-2H3. The molecule has 5 nitrogen and oxygen atoms in total. The van der Waals surface area contributed by atoms with Crippen LogP contribution in [0.2, 0.25) is 0 Å². The van der Waals surface area contributed by atoms with Gasteiger partial charge in [-0.2, -0.15) is 0 Å². The van der Waals surface area contributed by atoms with E-state index in [-0.39, 0.29) is 12.6 Å². The maximum atomic E-state index is 11.0. The monoisotopic (exact) mass is 231 g/mol. The van der Waals surface area contributed by atoms with Gasteiger partial charge in [-0.1, -0.05) is 0 Å². The maximum absolute atomic E-state index is 11.0. The molecule has 1 saturated heterocycles. The number of carbonyl (C=O) groups is 1. The highest BCUT2D eigenvalue weighted by Crippen LogP contribution is 2.09. The second-order valence-corrected chi connectivity index (χ2v) is 3.86. The zero-order valence-corrected chi connectivity index (χ0v) is 10.1. The Morgan fingerprint density at radius 1 is 1.56 bits per heavy atom. The minimum absolute atomic E-state index is 0.0445. The van der Waals surface area contributed by atoms with Gasteiger partial charge in [-0.25, -0.2) is 4.79 Å². The van der Waals surface area contributed by atoms with Crippen LogP contribution in [-0.4, -0.2) is 63.5 Å². The fraction of sp³-hybridized carbons (Fsp3) is 0.909. The first-order chi connectivity index (χ1) is 7.74. The molecule has 5 heteroatoms. The Bertz CT molecular complexity index is 204. The van der Waals surface area contributed by atoms with Crippen LogP contribution in [0.5, 0.6) is 0 Å². The van der Waals surface area contributed by atoms with Gasteiger partial charge in [-0.3, -0.25) is 4.90 Å². The van der Waals surface area contributed by atoms with Crippen molar-refractivity contribution in [3.8, 4) is 0 Å². The Labute approximate surface area is 96.6 Å². The molecule has 0 aromatic rings. The van der Waals surface area contributed by atoms with Gasteiger partial charge in [0.25, 0.3) is 0 Å². The summed E-state index contributed by atoms with van der Waals surface area (Å²) >= 11 is 0. The molecule has 1 aliphatic heterocycles. The van der Waals surface area contributed by atoms with Crippen molar-refractivity contribution in [3.05, 3.63) is 0 Å². The van der Waals surface area contributed by atoms with Crippen LogP contribution in [0.3, 0.4) is 0 Å². The topological polar surface area (TPSA) is 48.0 Å². The third kappa shape index (κ3) is 4.92. The molecule has 16 heavy (non-hydrogen) atoms. The molecule has 1 unspecified atom stereocenters. The van der Waals surface area contributed by atoms with Gasteiger partial charge in [-0.15, -0.1) is 0 Å². The summed E-state index contributed by atoms with van der Waals surface area (Å²) < 4.78 is 15.3. The first-order valence-corrected chi connectivity index (χ1v) is 5.75. The van der Waals surface area contributed by atoms with Crippen molar-refractivity contribution in [2.45, 2.75) is 19.4 Å². The molecule has 0 amide bonds. The van der Waals surface area contributed by atoms with E-state index in [4.69, 9.17) is 14.2 Å². The molecule has 0 bridgehead atoms. The van der Waals surface area contributed by atoms with Gasteiger partial charge in [0.1, 0.15) is 6.61 Å². The number of rotatable bonds is 7. The Balaban J connectivity index is 1.99. The van der Waals surface area contributed by atoms with E-state index in [1.165, 1.54) is 0 Å². The number of esters is 1. The van der Waals surface area contributed by atoms with Crippen LogP contribution in [-0.2, 0) is 19.0 Å². The van der Waals surface area contributed by atoms with Crippen molar-refractivity contribution >= 4 is 5.97 Å². The van der Waals surface area contributed by atoms with Crippen LogP contribution >= 0.6 is 0 Å². The fourth-order valence-electron chi connectivity index (χ4n) is 1.62. The van der Waals surface area contributed by atoms with E-state index < -0.39 is 0 Å². The summed E-state index contributed by atoms with van der Waals surface area (Å²) in [5, 5.41) is 0. The molecule has 1 heterocycles. The van der Waals surface area contributed by atoms with Gasteiger partial charge >= 0.3 is 5.97 Å². The van der Waals surface area contributed by atoms with Crippen LogP contribution in [0.4, 0.5) is 0 Å². The minimum Gasteiger partial charge on any atom is -0.464 e. The SMILES string of the molecule is CCOC(=O)COCCN(C)C1CCOC1. The molecule has 1 fully saturated rings. The lowest BCUT2D eigenvalue weighted by Gasteiger charge is -2.22. The van der Waals surface area contributed by atoms with Crippen LogP contribution in [0.15, 0.2) is 0 Å². The third-order valence-electron chi connectivity index (χ3n) is 2.64. The normalized spacial score (nSPS) is 20.3. The van der Waals surface area contributed by atoms with Crippen molar-refractivity contribution in [2.24, 2.45) is 0 Å². The lowest BCUT2D eigenvalue weighted by molar-refractivity contribution is -0.148. The number of hydrogen-bond donors (Lipinski definition) is 0. The Hall–Kier alpha value is -0.650. The minimum atomic E-state index is -0.297. The van der Waals surface area contributed by atoms with Crippen LogP contribution in [0, 0.1) is 0 Å². The van der Waals surface area contributed by atoms with Crippen LogP contribution in [0.1, 0.15) is 13.3 Å². The summed E-state index contributed by atoms with van der Waals surface area (Å²) in [6.07, 6.45) is 1.08. The summed E-state index contributed by atoms with van der Waals surface area (Å²) in [4.78, 5) is 13.2. The van der Waals surface area contributed by atoms with Gasteiger partial charge in [-0.05, 0) is 20.4 Å². The highest BCUT2D eigenvalue weighted by Gasteiger charge is 2.19. The van der Waals surface area contributed by atoms with Gasteiger partial charge in [0.05, 0.1) is 19.8 Å². The molecule has 1 atom stereocenters. The number of ether oxygens (including phenoxy) is 3. The molecular weight excluding hydrogens is 210 g/mol. The predicted octanol–water partition coefficient (Wildman–Crippen LogP) is 0.287. The van der Waals surface area contributed by atoms with E-state index in [9.17, 15) is 4.79 Å². The molecule has 0 aliphatic carbocycles. The summed E-state index contributed by atoms with van der Waals surface area (Å²) in [7, 11) is 2.05. The number of carbonyl (C=O) groups excluding carboxylic acids is 1. The molecule has 0 radical (unpaired) electrons. The fourth-order valence-corrected chi connectivity index (χ4v) is 1.62. The molecule has 0 N–H and O–H groups in total. The highest BCUT2D eigenvalue weighted by atomic mass is 16.6. The zero-order valence-electron chi connectivity index (χ0n) is 10.1. The quantitative estimate of drug-likeness (QED) is 0.465. The molecule has 1 rings (SSSR count). The van der Waals surface area contributed by atoms with Gasteiger partial charge in [0.15, 0.2) is 0 Å². The average Bonchev–Trinajstić information content (AvgIpc) is 2.78. The van der Waals surface area contributed by atoms with E-state index in [2.05, 4.69) is 4.90 Å². The van der Waals surface area contributed by atoms with Crippen molar-refractivity contribution in [1.29, 1.82) is 0 Å². The van der Waals surface area contributed by atoms with Gasteiger partial charge in [0.2, 0.25) is 0 Å². The second kappa shape index (κ2) is 7.60. The Morgan fingerprint density at radius 2 is 2.38 bits per heavy atom. The highest BCUT2D eigenvalue weighted by molar-refractivity contribution is 5.70. The maximum Gasteiger partial charge on any atom is 0.332 e. The van der Waals surface area contributed by atoms with Crippen LogP contribution < -0.4 is 0 Å². The van der Waals surface area contributed by atoms with E-state index in [0.29, 0.717) is 19.3 Å². The van der Waals surface area contributed by atoms with Crippen molar-refractivity contribution in [1.82, 2.24) is 4.90 Å². The molecule has 1 aliphatic rings. The number of likely N-dealkylation sites (N-methyl/N-ethyl adjacent to an activating group) is 1. The smallest absolute Gasteiger partial charge is 0.332 e.